The van der Waals surface area contributed by atoms with Crippen molar-refractivity contribution in [2.45, 2.75) is 39.2 Å². The van der Waals surface area contributed by atoms with Crippen LogP contribution in [0.15, 0.2) is 58.0 Å². The first-order valence-electron chi connectivity index (χ1n) is 9.50. The molecule has 4 rings (SSSR count). The Labute approximate surface area is 169 Å². The number of ketones is 1. The molecule has 1 aliphatic heterocycles. The number of aromatic nitrogens is 1. The summed E-state index contributed by atoms with van der Waals surface area (Å²) < 4.78 is 5.51. The molecule has 1 aliphatic rings. The molecule has 1 atom stereocenters. The van der Waals surface area contributed by atoms with Crippen molar-refractivity contribution in [2.75, 3.05) is 0 Å². The van der Waals surface area contributed by atoms with Gasteiger partial charge in [-0.1, -0.05) is 60.1 Å². The second-order valence-electron chi connectivity index (χ2n) is 7.04. The van der Waals surface area contributed by atoms with E-state index in [4.69, 9.17) is 21.1 Å². The molecule has 4 nitrogen and oxygen atoms in total. The van der Waals surface area contributed by atoms with E-state index < -0.39 is 0 Å². The summed E-state index contributed by atoms with van der Waals surface area (Å²) in [5.74, 6) is 0.923. The monoisotopic (exact) mass is 392 g/mol. The van der Waals surface area contributed by atoms with Crippen LogP contribution in [0.25, 0.3) is 11.1 Å². The second kappa shape index (κ2) is 7.72. The summed E-state index contributed by atoms with van der Waals surface area (Å²) >= 11 is 6.08. The SMILES string of the molecule is CCCC(=O)CC1N=C(c2ccc(Cl)cc2)c2ccccc2-c2c1noc2C. The zero-order valence-electron chi connectivity index (χ0n) is 15.9. The van der Waals surface area contributed by atoms with Crippen LogP contribution in [0.4, 0.5) is 0 Å². The van der Waals surface area contributed by atoms with Gasteiger partial charge in [-0.15, -0.1) is 0 Å². The number of Topliss-reactive ketones (excluding diaryl/α,β-unsaturated/α-hetero) is 1. The highest BCUT2D eigenvalue weighted by molar-refractivity contribution is 6.30. The Morgan fingerprint density at radius 2 is 1.82 bits per heavy atom. The average molecular weight is 393 g/mol. The van der Waals surface area contributed by atoms with Crippen LogP contribution in [0, 0.1) is 6.92 Å². The third-order valence-corrected chi connectivity index (χ3v) is 5.26. The number of carbonyl (C=O) groups excluding carboxylic acids is 1. The van der Waals surface area contributed by atoms with Gasteiger partial charge in [0.2, 0.25) is 0 Å². The fourth-order valence-corrected chi connectivity index (χ4v) is 3.84. The van der Waals surface area contributed by atoms with Gasteiger partial charge < -0.3 is 4.52 Å². The van der Waals surface area contributed by atoms with Crippen LogP contribution in [0.3, 0.4) is 0 Å². The first-order chi connectivity index (χ1) is 13.6. The number of carbonyl (C=O) groups is 1. The number of benzene rings is 2. The second-order valence-corrected chi connectivity index (χ2v) is 7.47. The maximum atomic E-state index is 12.5. The van der Waals surface area contributed by atoms with Gasteiger partial charge in [0.25, 0.3) is 0 Å². The van der Waals surface area contributed by atoms with Crippen LogP contribution in [0.1, 0.15) is 54.8 Å². The molecule has 1 aromatic heterocycles. The smallest absolute Gasteiger partial charge is 0.141 e. The quantitative estimate of drug-likeness (QED) is 0.538. The minimum Gasteiger partial charge on any atom is -0.361 e. The number of rotatable bonds is 5. The topological polar surface area (TPSA) is 55.5 Å². The van der Waals surface area contributed by atoms with Crippen molar-refractivity contribution in [1.82, 2.24) is 5.16 Å². The van der Waals surface area contributed by atoms with Crippen LogP contribution in [-0.2, 0) is 4.79 Å². The fraction of sp³-hybridized carbons (Fsp3) is 0.261. The first kappa shape index (κ1) is 18.6. The molecule has 28 heavy (non-hydrogen) atoms. The molecule has 2 heterocycles. The lowest BCUT2D eigenvalue weighted by molar-refractivity contribution is -0.119. The van der Waals surface area contributed by atoms with Gasteiger partial charge in [-0.2, -0.15) is 0 Å². The Kier molecular flexibility index (Phi) is 5.14. The number of nitrogens with zero attached hydrogens (tertiary/aromatic N) is 2. The van der Waals surface area contributed by atoms with E-state index in [2.05, 4.69) is 17.3 Å². The van der Waals surface area contributed by atoms with Crippen molar-refractivity contribution in [3.63, 3.8) is 0 Å². The van der Waals surface area contributed by atoms with Gasteiger partial charge >= 0.3 is 0 Å². The first-order valence-corrected chi connectivity index (χ1v) is 9.87. The average Bonchev–Trinajstić information content (AvgIpc) is 3.01. The van der Waals surface area contributed by atoms with Gasteiger partial charge in [-0.25, -0.2) is 0 Å². The molecule has 0 saturated heterocycles. The maximum Gasteiger partial charge on any atom is 0.141 e. The van der Waals surface area contributed by atoms with E-state index in [1.54, 1.807) is 0 Å². The van der Waals surface area contributed by atoms with E-state index in [0.717, 1.165) is 45.8 Å². The summed E-state index contributed by atoms with van der Waals surface area (Å²) in [5.41, 5.74) is 5.51. The minimum absolute atomic E-state index is 0.185. The number of halogens is 1. The molecular formula is C23H21ClN2O2. The molecule has 142 valence electrons. The summed E-state index contributed by atoms with van der Waals surface area (Å²) in [5, 5.41) is 4.97. The zero-order chi connectivity index (χ0) is 19.7. The van der Waals surface area contributed by atoms with E-state index in [1.807, 2.05) is 50.2 Å². The molecule has 3 aromatic rings. The Hall–Kier alpha value is -2.72. The normalized spacial score (nSPS) is 15.4. The summed E-state index contributed by atoms with van der Waals surface area (Å²) in [7, 11) is 0. The summed E-state index contributed by atoms with van der Waals surface area (Å²) in [6, 6.07) is 15.4. The van der Waals surface area contributed by atoms with Crippen LogP contribution in [-0.4, -0.2) is 16.7 Å². The number of aliphatic imine (C=N–C) groups is 1. The molecule has 1 unspecified atom stereocenters. The molecule has 5 heteroatoms. The predicted molar refractivity (Wildman–Crippen MR) is 111 cm³/mol. The van der Waals surface area contributed by atoms with Gasteiger partial charge in [0.1, 0.15) is 23.3 Å². The van der Waals surface area contributed by atoms with E-state index in [1.165, 1.54) is 0 Å². The third-order valence-electron chi connectivity index (χ3n) is 5.01. The Balaban J connectivity index is 1.92. The lowest BCUT2D eigenvalue weighted by atomic mass is 9.92. The zero-order valence-corrected chi connectivity index (χ0v) is 16.7. The van der Waals surface area contributed by atoms with E-state index >= 15 is 0 Å². The fourth-order valence-electron chi connectivity index (χ4n) is 3.72. The van der Waals surface area contributed by atoms with E-state index in [0.29, 0.717) is 17.9 Å². The summed E-state index contributed by atoms with van der Waals surface area (Å²) in [6.45, 7) is 3.91. The van der Waals surface area contributed by atoms with E-state index in [-0.39, 0.29) is 11.8 Å². The largest absolute Gasteiger partial charge is 0.361 e. The molecule has 0 radical (unpaired) electrons. The minimum atomic E-state index is -0.371. The van der Waals surface area contributed by atoms with Crippen LogP contribution >= 0.6 is 11.6 Å². The summed E-state index contributed by atoms with van der Waals surface area (Å²) in [4.78, 5) is 17.5. The van der Waals surface area contributed by atoms with Gasteiger partial charge in [0, 0.05) is 29.0 Å². The molecule has 0 spiro atoms. The Morgan fingerprint density at radius 1 is 1.11 bits per heavy atom. The Morgan fingerprint density at radius 3 is 2.54 bits per heavy atom. The van der Waals surface area contributed by atoms with Gasteiger partial charge in [-0.3, -0.25) is 9.79 Å². The molecule has 0 aliphatic carbocycles. The number of aryl methyl sites for hydroxylation is 1. The summed E-state index contributed by atoms with van der Waals surface area (Å²) in [6.07, 6.45) is 1.68. The molecule has 2 aromatic carbocycles. The van der Waals surface area contributed by atoms with Gasteiger partial charge in [0.15, 0.2) is 0 Å². The lowest BCUT2D eigenvalue weighted by Gasteiger charge is -2.12. The number of hydrogen-bond donors (Lipinski definition) is 0. The van der Waals surface area contributed by atoms with Crippen molar-refractivity contribution in [3.8, 4) is 11.1 Å². The van der Waals surface area contributed by atoms with Crippen molar-refractivity contribution in [1.29, 1.82) is 0 Å². The van der Waals surface area contributed by atoms with Crippen molar-refractivity contribution in [3.05, 3.63) is 76.1 Å². The highest BCUT2D eigenvalue weighted by Crippen LogP contribution is 2.40. The molecule has 0 fully saturated rings. The van der Waals surface area contributed by atoms with Gasteiger partial charge in [-0.05, 0) is 31.0 Å². The molecule has 0 amide bonds. The van der Waals surface area contributed by atoms with Crippen LogP contribution in [0.2, 0.25) is 5.02 Å². The highest BCUT2D eigenvalue weighted by Gasteiger charge is 2.30. The molecule has 0 saturated carbocycles. The molecular weight excluding hydrogens is 372 g/mol. The van der Waals surface area contributed by atoms with Crippen molar-refractivity contribution >= 4 is 23.1 Å². The maximum absolute atomic E-state index is 12.5. The highest BCUT2D eigenvalue weighted by atomic mass is 35.5. The number of hydrogen-bond acceptors (Lipinski definition) is 4. The van der Waals surface area contributed by atoms with Crippen molar-refractivity contribution in [2.24, 2.45) is 4.99 Å². The third kappa shape index (κ3) is 3.40. The Bertz CT molecular complexity index is 1050. The molecule has 0 bridgehead atoms. The van der Waals surface area contributed by atoms with Gasteiger partial charge in [0.05, 0.1) is 11.3 Å². The predicted octanol–water partition coefficient (Wildman–Crippen LogP) is 5.95. The number of fused-ring (bicyclic) bond motifs is 3. The van der Waals surface area contributed by atoms with Crippen molar-refractivity contribution < 1.29 is 9.32 Å². The van der Waals surface area contributed by atoms with Crippen LogP contribution in [0.5, 0.6) is 0 Å². The molecule has 0 N–H and O–H groups in total. The standard InChI is InChI=1S/C23H21ClN2O2/c1-3-6-17(27)13-20-23-21(14(2)28-26-23)18-7-4-5-8-19(18)22(25-20)15-9-11-16(24)12-10-15/h4-5,7-12,20H,3,6,13H2,1-2H3. The van der Waals surface area contributed by atoms with E-state index in [9.17, 15) is 4.79 Å². The lowest BCUT2D eigenvalue weighted by Crippen LogP contribution is -2.09. The van der Waals surface area contributed by atoms with Crippen LogP contribution < -0.4 is 0 Å².